The summed E-state index contributed by atoms with van der Waals surface area (Å²) in [6.07, 6.45) is 7.91. The Morgan fingerprint density at radius 1 is 1.22 bits per heavy atom. The van der Waals surface area contributed by atoms with Crippen molar-refractivity contribution < 1.29 is 9.53 Å². The highest BCUT2D eigenvalue weighted by atomic mass is 16.5. The van der Waals surface area contributed by atoms with Crippen molar-refractivity contribution in [2.45, 2.75) is 25.7 Å². The van der Waals surface area contributed by atoms with Crippen molar-refractivity contribution in [3.05, 3.63) is 53.1 Å². The Kier molecular flexibility index (Phi) is 4.35. The molecule has 0 N–H and O–H groups in total. The highest BCUT2D eigenvalue weighted by molar-refractivity contribution is 5.73. The number of ether oxygens (including phenoxy) is 1. The van der Waals surface area contributed by atoms with E-state index in [1.807, 2.05) is 18.2 Å². The molecule has 1 aromatic carbocycles. The van der Waals surface area contributed by atoms with Gasteiger partial charge in [0.25, 0.3) is 0 Å². The SMILES string of the molecule is COC(=O)CC1=C(C=Cc2ccccc2)CCC1. The molecule has 0 aromatic heterocycles. The van der Waals surface area contributed by atoms with E-state index in [1.54, 1.807) is 0 Å². The highest BCUT2D eigenvalue weighted by Gasteiger charge is 2.15. The standard InChI is InChI=1S/C16H18O2/c1-18-16(17)12-15-9-5-8-14(15)11-10-13-6-3-2-4-7-13/h2-4,6-7,10-11H,5,8-9,12H2,1H3. The van der Waals surface area contributed by atoms with E-state index in [-0.39, 0.29) is 5.97 Å². The fourth-order valence-electron chi connectivity index (χ4n) is 2.24. The van der Waals surface area contributed by atoms with Crippen LogP contribution in [0, 0.1) is 0 Å². The van der Waals surface area contributed by atoms with Gasteiger partial charge in [-0.05, 0) is 30.4 Å². The topological polar surface area (TPSA) is 26.3 Å². The van der Waals surface area contributed by atoms with Gasteiger partial charge in [0.2, 0.25) is 0 Å². The quantitative estimate of drug-likeness (QED) is 0.752. The zero-order valence-electron chi connectivity index (χ0n) is 10.7. The molecular weight excluding hydrogens is 224 g/mol. The Bertz CT molecular complexity index is 469. The molecule has 2 heteroatoms. The van der Waals surface area contributed by atoms with Crippen LogP contribution < -0.4 is 0 Å². The third kappa shape index (κ3) is 3.33. The van der Waals surface area contributed by atoms with Gasteiger partial charge in [-0.15, -0.1) is 0 Å². The summed E-state index contributed by atoms with van der Waals surface area (Å²) in [5, 5.41) is 0. The predicted molar refractivity (Wildman–Crippen MR) is 73.0 cm³/mol. The summed E-state index contributed by atoms with van der Waals surface area (Å²) in [7, 11) is 1.44. The van der Waals surface area contributed by atoms with Gasteiger partial charge < -0.3 is 4.74 Å². The molecule has 0 fully saturated rings. The molecule has 0 atom stereocenters. The molecule has 0 amide bonds. The monoisotopic (exact) mass is 242 g/mol. The van der Waals surface area contributed by atoms with E-state index in [2.05, 4.69) is 24.3 Å². The van der Waals surface area contributed by atoms with E-state index in [0.717, 1.165) is 19.3 Å². The lowest BCUT2D eigenvalue weighted by molar-refractivity contribution is -0.139. The second-order valence-electron chi connectivity index (χ2n) is 4.48. The summed E-state index contributed by atoms with van der Waals surface area (Å²) in [5.41, 5.74) is 3.72. The van der Waals surface area contributed by atoms with Crippen LogP contribution in [0.1, 0.15) is 31.2 Å². The normalized spacial score (nSPS) is 15.4. The molecule has 1 aliphatic carbocycles. The largest absolute Gasteiger partial charge is 0.469 e. The number of esters is 1. The summed E-state index contributed by atoms with van der Waals surface area (Å²) < 4.78 is 4.73. The minimum Gasteiger partial charge on any atom is -0.469 e. The van der Waals surface area contributed by atoms with Gasteiger partial charge in [0.15, 0.2) is 0 Å². The van der Waals surface area contributed by atoms with Crippen molar-refractivity contribution in [3.8, 4) is 0 Å². The third-order valence-corrected chi connectivity index (χ3v) is 3.24. The maximum absolute atomic E-state index is 11.3. The third-order valence-electron chi connectivity index (χ3n) is 3.24. The lowest BCUT2D eigenvalue weighted by Crippen LogP contribution is -2.01. The number of allylic oxidation sites excluding steroid dienone is 2. The van der Waals surface area contributed by atoms with Gasteiger partial charge in [-0.2, -0.15) is 0 Å². The fourth-order valence-corrected chi connectivity index (χ4v) is 2.24. The molecule has 0 heterocycles. The van der Waals surface area contributed by atoms with Crippen LogP contribution in [0.3, 0.4) is 0 Å². The van der Waals surface area contributed by atoms with E-state index in [0.29, 0.717) is 6.42 Å². The van der Waals surface area contributed by atoms with Crippen molar-refractivity contribution in [2.75, 3.05) is 7.11 Å². The number of methoxy groups -OCH3 is 1. The first-order chi connectivity index (χ1) is 8.79. The van der Waals surface area contributed by atoms with Gasteiger partial charge in [0, 0.05) is 0 Å². The molecule has 0 spiro atoms. The Balaban J connectivity index is 2.09. The molecule has 0 bridgehead atoms. The first-order valence-corrected chi connectivity index (χ1v) is 6.30. The van der Waals surface area contributed by atoms with Crippen molar-refractivity contribution in [1.82, 2.24) is 0 Å². The first-order valence-electron chi connectivity index (χ1n) is 6.30. The van der Waals surface area contributed by atoms with Crippen molar-refractivity contribution in [2.24, 2.45) is 0 Å². The lowest BCUT2D eigenvalue weighted by atomic mass is 10.1. The average molecular weight is 242 g/mol. The molecule has 0 unspecified atom stereocenters. The van der Waals surface area contributed by atoms with Crippen LogP contribution in [0.25, 0.3) is 6.08 Å². The number of hydrogen-bond donors (Lipinski definition) is 0. The van der Waals surface area contributed by atoms with Gasteiger partial charge in [0.05, 0.1) is 13.5 Å². The molecule has 94 valence electrons. The second-order valence-corrected chi connectivity index (χ2v) is 4.48. The van der Waals surface area contributed by atoms with E-state index >= 15 is 0 Å². The van der Waals surface area contributed by atoms with Gasteiger partial charge in [-0.25, -0.2) is 0 Å². The van der Waals surface area contributed by atoms with Crippen LogP contribution in [-0.2, 0) is 9.53 Å². The van der Waals surface area contributed by atoms with Crippen molar-refractivity contribution in [3.63, 3.8) is 0 Å². The number of rotatable bonds is 4. The predicted octanol–water partition coefficient (Wildman–Crippen LogP) is 3.74. The molecule has 2 nitrogen and oxygen atoms in total. The molecule has 0 aliphatic heterocycles. The van der Waals surface area contributed by atoms with Gasteiger partial charge in [-0.1, -0.05) is 48.1 Å². The Morgan fingerprint density at radius 3 is 2.72 bits per heavy atom. The Labute approximate surface area is 108 Å². The number of hydrogen-bond acceptors (Lipinski definition) is 2. The summed E-state index contributed by atoms with van der Waals surface area (Å²) in [4.78, 5) is 11.3. The molecule has 0 saturated heterocycles. The van der Waals surface area contributed by atoms with E-state index in [4.69, 9.17) is 4.74 Å². The average Bonchev–Trinajstić information content (AvgIpc) is 2.84. The molecule has 0 radical (unpaired) electrons. The maximum atomic E-state index is 11.3. The summed E-state index contributed by atoms with van der Waals surface area (Å²) in [6, 6.07) is 10.2. The van der Waals surface area contributed by atoms with Gasteiger partial charge >= 0.3 is 5.97 Å². The smallest absolute Gasteiger partial charge is 0.309 e. The fraction of sp³-hybridized carbons (Fsp3) is 0.312. The molecule has 18 heavy (non-hydrogen) atoms. The first kappa shape index (κ1) is 12.6. The van der Waals surface area contributed by atoms with Crippen molar-refractivity contribution in [1.29, 1.82) is 0 Å². The van der Waals surface area contributed by atoms with Gasteiger partial charge in [0.1, 0.15) is 0 Å². The van der Waals surface area contributed by atoms with Crippen LogP contribution in [0.5, 0.6) is 0 Å². The minimum absolute atomic E-state index is 0.141. The van der Waals surface area contributed by atoms with Crippen LogP contribution >= 0.6 is 0 Å². The molecular formula is C16H18O2. The molecule has 1 aromatic rings. The van der Waals surface area contributed by atoms with Crippen LogP contribution in [-0.4, -0.2) is 13.1 Å². The Hall–Kier alpha value is -1.83. The number of carbonyl (C=O) groups is 1. The Morgan fingerprint density at radius 2 is 2.00 bits per heavy atom. The summed E-state index contributed by atoms with van der Waals surface area (Å²) in [6.45, 7) is 0. The number of benzene rings is 1. The summed E-state index contributed by atoms with van der Waals surface area (Å²) >= 11 is 0. The van der Waals surface area contributed by atoms with Crippen molar-refractivity contribution >= 4 is 12.0 Å². The molecule has 2 rings (SSSR count). The lowest BCUT2D eigenvalue weighted by Gasteiger charge is -2.02. The van der Waals surface area contributed by atoms with Crippen LogP contribution in [0.15, 0.2) is 47.6 Å². The zero-order valence-corrected chi connectivity index (χ0v) is 10.7. The maximum Gasteiger partial charge on any atom is 0.309 e. The van der Waals surface area contributed by atoms with Gasteiger partial charge in [-0.3, -0.25) is 4.79 Å². The molecule has 0 saturated carbocycles. The highest BCUT2D eigenvalue weighted by Crippen LogP contribution is 2.29. The van der Waals surface area contributed by atoms with Crippen LogP contribution in [0.2, 0.25) is 0 Å². The zero-order chi connectivity index (χ0) is 12.8. The van der Waals surface area contributed by atoms with Crippen LogP contribution in [0.4, 0.5) is 0 Å². The van der Waals surface area contributed by atoms with E-state index < -0.39 is 0 Å². The minimum atomic E-state index is -0.141. The molecule has 1 aliphatic rings. The second kappa shape index (κ2) is 6.20. The summed E-state index contributed by atoms with van der Waals surface area (Å²) in [5.74, 6) is -0.141. The van der Waals surface area contributed by atoms with E-state index in [1.165, 1.54) is 23.8 Å². The van der Waals surface area contributed by atoms with E-state index in [9.17, 15) is 4.79 Å². The number of carbonyl (C=O) groups excluding carboxylic acids is 1.